The smallest absolute Gasteiger partial charge is 0.0138 e. The van der Waals surface area contributed by atoms with Crippen LogP contribution in [0.25, 0.3) is 0 Å². The summed E-state index contributed by atoms with van der Waals surface area (Å²) in [6, 6.07) is 7.34. The molecule has 1 aromatic rings. The van der Waals surface area contributed by atoms with E-state index in [0.717, 1.165) is 18.4 Å². The highest BCUT2D eigenvalue weighted by atomic mass is 14.9. The van der Waals surface area contributed by atoms with Gasteiger partial charge in [-0.15, -0.1) is 0 Å². The molecular weight excluding hydrogens is 230 g/mol. The standard InChI is InChI=1S/C18H29N/c1-5-19-18(16-11-7-10-13(16)2)12-17-14(3)8-6-9-15(17)4/h6,8-9,13,16,18-19H,5,7,10-12H2,1-4H3. The highest BCUT2D eigenvalue weighted by Crippen LogP contribution is 2.35. The Bertz CT molecular complexity index is 390. The fraction of sp³-hybridized carbons (Fsp3) is 0.667. The predicted molar refractivity (Wildman–Crippen MR) is 83.6 cm³/mol. The molecule has 1 fully saturated rings. The van der Waals surface area contributed by atoms with Gasteiger partial charge in [0.2, 0.25) is 0 Å². The van der Waals surface area contributed by atoms with Crippen molar-refractivity contribution in [1.29, 1.82) is 0 Å². The fourth-order valence-electron chi connectivity index (χ4n) is 3.80. The third-order valence-corrected chi connectivity index (χ3v) is 4.98. The van der Waals surface area contributed by atoms with Crippen LogP contribution in [0.1, 0.15) is 49.8 Å². The van der Waals surface area contributed by atoms with Gasteiger partial charge in [-0.25, -0.2) is 0 Å². The molecule has 1 aliphatic carbocycles. The van der Waals surface area contributed by atoms with Gasteiger partial charge in [0.15, 0.2) is 0 Å². The van der Waals surface area contributed by atoms with E-state index in [0.29, 0.717) is 6.04 Å². The summed E-state index contributed by atoms with van der Waals surface area (Å²) in [6.45, 7) is 10.3. The summed E-state index contributed by atoms with van der Waals surface area (Å²) in [7, 11) is 0. The Morgan fingerprint density at radius 2 is 1.89 bits per heavy atom. The molecule has 19 heavy (non-hydrogen) atoms. The first-order chi connectivity index (χ1) is 9.13. The minimum Gasteiger partial charge on any atom is -0.314 e. The van der Waals surface area contributed by atoms with E-state index in [2.05, 4.69) is 51.2 Å². The zero-order valence-corrected chi connectivity index (χ0v) is 13.0. The second-order valence-electron chi connectivity index (χ2n) is 6.31. The third kappa shape index (κ3) is 3.39. The van der Waals surface area contributed by atoms with Crippen molar-refractivity contribution < 1.29 is 0 Å². The van der Waals surface area contributed by atoms with Gasteiger partial charge in [-0.05, 0) is 61.8 Å². The number of hydrogen-bond donors (Lipinski definition) is 1. The van der Waals surface area contributed by atoms with Crippen molar-refractivity contribution in [2.45, 2.75) is 59.4 Å². The summed E-state index contributed by atoms with van der Waals surface area (Å²) >= 11 is 0. The normalized spacial score (nSPS) is 24.6. The number of likely N-dealkylation sites (N-methyl/N-ethyl adjacent to an activating group) is 1. The summed E-state index contributed by atoms with van der Waals surface area (Å²) in [5.74, 6) is 1.74. The van der Waals surface area contributed by atoms with Crippen molar-refractivity contribution in [1.82, 2.24) is 5.32 Å². The summed E-state index contributed by atoms with van der Waals surface area (Å²) < 4.78 is 0. The Kier molecular flexibility index (Phi) is 5.04. The number of aryl methyl sites for hydroxylation is 2. The van der Waals surface area contributed by atoms with E-state index < -0.39 is 0 Å². The molecule has 1 heteroatoms. The van der Waals surface area contributed by atoms with Gasteiger partial charge < -0.3 is 5.32 Å². The molecule has 106 valence electrons. The Morgan fingerprint density at radius 1 is 1.21 bits per heavy atom. The molecule has 0 heterocycles. The van der Waals surface area contributed by atoms with Crippen molar-refractivity contribution in [3.63, 3.8) is 0 Å². The first-order valence-corrected chi connectivity index (χ1v) is 7.92. The molecule has 1 N–H and O–H groups in total. The lowest BCUT2D eigenvalue weighted by atomic mass is 9.84. The summed E-state index contributed by atoms with van der Waals surface area (Å²) in [6.07, 6.45) is 5.44. The van der Waals surface area contributed by atoms with Gasteiger partial charge >= 0.3 is 0 Å². The number of rotatable bonds is 5. The molecule has 3 atom stereocenters. The van der Waals surface area contributed by atoms with Gasteiger partial charge in [0.1, 0.15) is 0 Å². The maximum Gasteiger partial charge on any atom is 0.0138 e. The van der Waals surface area contributed by atoms with E-state index >= 15 is 0 Å². The van der Waals surface area contributed by atoms with Gasteiger partial charge in [-0.3, -0.25) is 0 Å². The molecule has 0 radical (unpaired) electrons. The maximum atomic E-state index is 3.76. The van der Waals surface area contributed by atoms with Crippen molar-refractivity contribution in [2.75, 3.05) is 6.54 Å². The van der Waals surface area contributed by atoms with Crippen molar-refractivity contribution >= 4 is 0 Å². The molecule has 1 saturated carbocycles. The van der Waals surface area contributed by atoms with E-state index in [9.17, 15) is 0 Å². The molecule has 1 aliphatic rings. The van der Waals surface area contributed by atoms with Crippen LogP contribution in [0.15, 0.2) is 18.2 Å². The Hall–Kier alpha value is -0.820. The van der Waals surface area contributed by atoms with Crippen molar-refractivity contribution in [3.8, 4) is 0 Å². The van der Waals surface area contributed by atoms with Gasteiger partial charge in [0.05, 0.1) is 0 Å². The summed E-state index contributed by atoms with van der Waals surface area (Å²) in [5, 5.41) is 3.76. The molecule has 2 rings (SSSR count). The molecule has 0 spiro atoms. The molecule has 3 unspecified atom stereocenters. The molecular formula is C18H29N. The SMILES string of the molecule is CCNC(Cc1c(C)cccc1C)C1CCCC1C. The lowest BCUT2D eigenvalue weighted by molar-refractivity contribution is 0.298. The first-order valence-electron chi connectivity index (χ1n) is 7.92. The van der Waals surface area contributed by atoms with Crippen LogP contribution < -0.4 is 5.32 Å². The van der Waals surface area contributed by atoms with E-state index in [1.807, 2.05) is 0 Å². The second-order valence-corrected chi connectivity index (χ2v) is 6.31. The Morgan fingerprint density at radius 3 is 2.42 bits per heavy atom. The number of nitrogens with one attached hydrogen (secondary N) is 1. The second kappa shape index (κ2) is 6.56. The molecule has 0 amide bonds. The largest absolute Gasteiger partial charge is 0.314 e. The first kappa shape index (κ1) is 14.6. The minimum atomic E-state index is 0.655. The highest BCUT2D eigenvalue weighted by Gasteiger charge is 2.30. The third-order valence-electron chi connectivity index (χ3n) is 4.98. The van der Waals surface area contributed by atoms with Gasteiger partial charge in [-0.2, -0.15) is 0 Å². The maximum absolute atomic E-state index is 3.76. The highest BCUT2D eigenvalue weighted by molar-refractivity contribution is 5.34. The molecule has 0 aromatic heterocycles. The van der Waals surface area contributed by atoms with Crippen LogP contribution in [-0.4, -0.2) is 12.6 Å². The summed E-state index contributed by atoms with van der Waals surface area (Å²) in [5.41, 5.74) is 4.47. The van der Waals surface area contributed by atoms with Crippen LogP contribution in [0, 0.1) is 25.7 Å². The van der Waals surface area contributed by atoms with Gasteiger partial charge in [0.25, 0.3) is 0 Å². The van der Waals surface area contributed by atoms with Crippen molar-refractivity contribution in [2.24, 2.45) is 11.8 Å². The number of hydrogen-bond acceptors (Lipinski definition) is 1. The Labute approximate surface area is 118 Å². The van der Waals surface area contributed by atoms with E-state index in [1.54, 1.807) is 5.56 Å². The Balaban J connectivity index is 2.16. The molecule has 0 bridgehead atoms. The predicted octanol–water partition coefficient (Wildman–Crippen LogP) is 4.26. The minimum absolute atomic E-state index is 0.655. The van der Waals surface area contributed by atoms with E-state index in [-0.39, 0.29) is 0 Å². The lowest BCUT2D eigenvalue weighted by Gasteiger charge is -2.29. The summed E-state index contributed by atoms with van der Waals surface area (Å²) in [4.78, 5) is 0. The van der Waals surface area contributed by atoms with Crippen LogP contribution in [0.3, 0.4) is 0 Å². The van der Waals surface area contributed by atoms with E-state index in [4.69, 9.17) is 0 Å². The topological polar surface area (TPSA) is 12.0 Å². The number of benzene rings is 1. The van der Waals surface area contributed by atoms with Crippen molar-refractivity contribution in [3.05, 3.63) is 34.9 Å². The van der Waals surface area contributed by atoms with Gasteiger partial charge in [-0.1, -0.05) is 44.9 Å². The molecule has 0 saturated heterocycles. The average molecular weight is 259 g/mol. The van der Waals surface area contributed by atoms with Gasteiger partial charge in [0, 0.05) is 6.04 Å². The average Bonchev–Trinajstić information content (AvgIpc) is 2.79. The van der Waals surface area contributed by atoms with Crippen LogP contribution in [-0.2, 0) is 6.42 Å². The molecule has 1 aromatic carbocycles. The monoisotopic (exact) mass is 259 g/mol. The van der Waals surface area contributed by atoms with Crippen LogP contribution >= 0.6 is 0 Å². The zero-order valence-electron chi connectivity index (χ0n) is 13.0. The van der Waals surface area contributed by atoms with Crippen LogP contribution in [0.5, 0.6) is 0 Å². The molecule has 0 aliphatic heterocycles. The van der Waals surface area contributed by atoms with Crippen LogP contribution in [0.2, 0.25) is 0 Å². The zero-order chi connectivity index (χ0) is 13.8. The fourth-order valence-corrected chi connectivity index (χ4v) is 3.80. The van der Waals surface area contributed by atoms with E-state index in [1.165, 1.54) is 36.8 Å². The molecule has 1 nitrogen and oxygen atoms in total. The quantitative estimate of drug-likeness (QED) is 0.833. The lowest BCUT2D eigenvalue weighted by Crippen LogP contribution is -2.39. The van der Waals surface area contributed by atoms with Crippen LogP contribution in [0.4, 0.5) is 0 Å².